The highest BCUT2D eigenvalue weighted by molar-refractivity contribution is 6.24. The Morgan fingerprint density at radius 3 is 2.35 bits per heavy atom. The summed E-state index contributed by atoms with van der Waals surface area (Å²) >= 11 is 0. The maximum absolute atomic E-state index is 12.4. The molecule has 0 saturated carbocycles. The number of rotatable bonds is 2. The van der Waals surface area contributed by atoms with Crippen LogP contribution in [-0.2, 0) is 11.8 Å². The quantitative estimate of drug-likeness (QED) is 0.504. The van der Waals surface area contributed by atoms with Gasteiger partial charge in [0.25, 0.3) is 0 Å². The van der Waals surface area contributed by atoms with Crippen LogP contribution in [-0.4, -0.2) is 17.1 Å². The Balaban J connectivity index is 2.23. The second-order valence-corrected chi connectivity index (χ2v) is 5.66. The van der Waals surface area contributed by atoms with Crippen molar-refractivity contribution in [3.8, 4) is 0 Å². The van der Waals surface area contributed by atoms with E-state index in [1.165, 1.54) is 10.8 Å². The van der Waals surface area contributed by atoms with E-state index in [1.807, 2.05) is 44.3 Å². The number of hydrogen-bond donors (Lipinski definition) is 0. The first-order valence-corrected chi connectivity index (χ1v) is 7.78. The SMILES string of the molecule is CCOC(=O)c1cc2c(c3ccccc13)c1ccccc1n2C. The highest BCUT2D eigenvalue weighted by atomic mass is 16.5. The number of para-hydroxylation sites is 1. The van der Waals surface area contributed by atoms with E-state index in [9.17, 15) is 4.79 Å². The van der Waals surface area contributed by atoms with Gasteiger partial charge in [-0.1, -0.05) is 42.5 Å². The van der Waals surface area contributed by atoms with Gasteiger partial charge in [-0.3, -0.25) is 0 Å². The topological polar surface area (TPSA) is 31.2 Å². The average Bonchev–Trinajstić information content (AvgIpc) is 2.88. The molecule has 0 fully saturated rings. The molecule has 23 heavy (non-hydrogen) atoms. The fourth-order valence-electron chi connectivity index (χ4n) is 3.39. The Morgan fingerprint density at radius 2 is 1.61 bits per heavy atom. The van der Waals surface area contributed by atoms with Gasteiger partial charge in [0.15, 0.2) is 0 Å². The Kier molecular flexibility index (Phi) is 3.08. The number of carbonyl (C=O) groups excluding carboxylic acids is 1. The minimum atomic E-state index is -0.268. The Bertz CT molecular complexity index is 1060. The maximum Gasteiger partial charge on any atom is 0.338 e. The second kappa shape index (κ2) is 5.13. The summed E-state index contributed by atoms with van der Waals surface area (Å²) in [5.74, 6) is -0.268. The lowest BCUT2D eigenvalue weighted by molar-refractivity contribution is 0.0529. The Labute approximate surface area is 134 Å². The van der Waals surface area contributed by atoms with Crippen LogP contribution in [0.2, 0.25) is 0 Å². The standard InChI is InChI=1S/C20H17NO2/c1-3-23-20(22)16-12-18-19(14-9-5-4-8-13(14)16)15-10-6-7-11-17(15)21(18)2/h4-12H,3H2,1-2H3. The highest BCUT2D eigenvalue weighted by Crippen LogP contribution is 2.36. The van der Waals surface area contributed by atoms with Crippen molar-refractivity contribution in [1.29, 1.82) is 0 Å². The van der Waals surface area contributed by atoms with Gasteiger partial charge in [0.2, 0.25) is 0 Å². The van der Waals surface area contributed by atoms with E-state index in [4.69, 9.17) is 4.74 Å². The van der Waals surface area contributed by atoms with Crippen LogP contribution in [0.5, 0.6) is 0 Å². The number of benzene rings is 3. The van der Waals surface area contributed by atoms with Gasteiger partial charge < -0.3 is 9.30 Å². The minimum Gasteiger partial charge on any atom is -0.462 e. The predicted molar refractivity (Wildman–Crippen MR) is 93.9 cm³/mol. The first-order chi connectivity index (χ1) is 11.2. The smallest absolute Gasteiger partial charge is 0.338 e. The zero-order valence-corrected chi connectivity index (χ0v) is 13.2. The largest absolute Gasteiger partial charge is 0.462 e. The van der Waals surface area contributed by atoms with E-state index in [0.717, 1.165) is 21.8 Å². The number of hydrogen-bond acceptors (Lipinski definition) is 2. The Morgan fingerprint density at radius 1 is 0.957 bits per heavy atom. The molecule has 0 spiro atoms. The molecule has 0 aliphatic heterocycles. The van der Waals surface area contributed by atoms with Crippen molar-refractivity contribution in [3.63, 3.8) is 0 Å². The molecule has 3 nitrogen and oxygen atoms in total. The third-order valence-corrected chi connectivity index (χ3v) is 4.42. The monoisotopic (exact) mass is 303 g/mol. The number of esters is 1. The zero-order chi connectivity index (χ0) is 16.0. The van der Waals surface area contributed by atoms with E-state index in [0.29, 0.717) is 12.2 Å². The number of nitrogens with zero attached hydrogens (tertiary/aromatic N) is 1. The van der Waals surface area contributed by atoms with Crippen LogP contribution in [0.25, 0.3) is 32.6 Å². The highest BCUT2D eigenvalue weighted by Gasteiger charge is 2.17. The molecule has 0 N–H and O–H groups in total. The van der Waals surface area contributed by atoms with Gasteiger partial charge in [-0.2, -0.15) is 0 Å². The van der Waals surface area contributed by atoms with Crippen molar-refractivity contribution >= 4 is 38.5 Å². The molecular formula is C20H17NO2. The third-order valence-electron chi connectivity index (χ3n) is 4.42. The normalized spacial score (nSPS) is 11.4. The van der Waals surface area contributed by atoms with E-state index >= 15 is 0 Å². The molecule has 0 aliphatic carbocycles. The lowest BCUT2D eigenvalue weighted by Gasteiger charge is -2.09. The van der Waals surface area contributed by atoms with Crippen molar-refractivity contribution in [3.05, 3.63) is 60.2 Å². The van der Waals surface area contributed by atoms with E-state index in [2.05, 4.69) is 28.8 Å². The summed E-state index contributed by atoms with van der Waals surface area (Å²) < 4.78 is 7.39. The number of carbonyl (C=O) groups is 1. The fraction of sp³-hybridized carbons (Fsp3) is 0.150. The van der Waals surface area contributed by atoms with Crippen LogP contribution in [0, 0.1) is 0 Å². The summed E-state index contributed by atoms with van der Waals surface area (Å²) in [6.07, 6.45) is 0. The van der Waals surface area contributed by atoms with E-state index in [1.54, 1.807) is 0 Å². The molecule has 0 atom stereocenters. The fourth-order valence-corrected chi connectivity index (χ4v) is 3.39. The number of ether oxygens (including phenoxy) is 1. The molecule has 3 heteroatoms. The van der Waals surface area contributed by atoms with Gasteiger partial charge >= 0.3 is 5.97 Å². The lowest BCUT2D eigenvalue weighted by atomic mass is 9.99. The van der Waals surface area contributed by atoms with Gasteiger partial charge in [-0.15, -0.1) is 0 Å². The van der Waals surface area contributed by atoms with Crippen LogP contribution in [0.15, 0.2) is 54.6 Å². The number of aromatic nitrogens is 1. The zero-order valence-electron chi connectivity index (χ0n) is 13.2. The van der Waals surface area contributed by atoms with E-state index < -0.39 is 0 Å². The number of aryl methyl sites for hydroxylation is 1. The molecule has 1 aromatic heterocycles. The van der Waals surface area contributed by atoms with Crippen LogP contribution in [0.1, 0.15) is 17.3 Å². The first-order valence-electron chi connectivity index (χ1n) is 7.78. The minimum absolute atomic E-state index is 0.268. The lowest BCUT2D eigenvalue weighted by Crippen LogP contribution is -2.05. The summed E-state index contributed by atoms with van der Waals surface area (Å²) in [5, 5.41) is 4.42. The number of fused-ring (bicyclic) bond motifs is 5. The van der Waals surface area contributed by atoms with Crippen molar-refractivity contribution in [2.24, 2.45) is 7.05 Å². The molecule has 4 rings (SSSR count). The first kappa shape index (κ1) is 13.8. The van der Waals surface area contributed by atoms with Gasteiger partial charge in [0.05, 0.1) is 17.7 Å². The average molecular weight is 303 g/mol. The molecule has 0 unspecified atom stereocenters. The summed E-state index contributed by atoms with van der Waals surface area (Å²) in [4.78, 5) is 12.4. The van der Waals surface area contributed by atoms with Crippen molar-refractivity contribution in [2.45, 2.75) is 6.92 Å². The molecule has 114 valence electrons. The van der Waals surface area contributed by atoms with Gasteiger partial charge in [0, 0.05) is 23.3 Å². The second-order valence-electron chi connectivity index (χ2n) is 5.66. The maximum atomic E-state index is 12.4. The van der Waals surface area contributed by atoms with Crippen LogP contribution >= 0.6 is 0 Å². The molecule has 0 radical (unpaired) electrons. The van der Waals surface area contributed by atoms with Crippen LogP contribution < -0.4 is 0 Å². The molecule has 0 saturated heterocycles. The van der Waals surface area contributed by atoms with Crippen LogP contribution in [0.3, 0.4) is 0 Å². The van der Waals surface area contributed by atoms with Gasteiger partial charge in [-0.05, 0) is 29.8 Å². The summed E-state index contributed by atoms with van der Waals surface area (Å²) in [7, 11) is 2.04. The van der Waals surface area contributed by atoms with Crippen LogP contribution in [0.4, 0.5) is 0 Å². The van der Waals surface area contributed by atoms with Crippen molar-refractivity contribution < 1.29 is 9.53 Å². The third kappa shape index (κ3) is 1.93. The van der Waals surface area contributed by atoms with Gasteiger partial charge in [-0.25, -0.2) is 4.79 Å². The van der Waals surface area contributed by atoms with Crippen molar-refractivity contribution in [2.75, 3.05) is 6.61 Å². The summed E-state index contributed by atoms with van der Waals surface area (Å²) in [6, 6.07) is 18.3. The molecule has 0 aliphatic rings. The molecule has 3 aromatic carbocycles. The molecular weight excluding hydrogens is 286 g/mol. The van der Waals surface area contributed by atoms with E-state index in [-0.39, 0.29) is 5.97 Å². The van der Waals surface area contributed by atoms with Gasteiger partial charge in [0.1, 0.15) is 0 Å². The predicted octanol–water partition coefficient (Wildman–Crippen LogP) is 4.66. The molecule has 4 aromatic rings. The molecule has 1 heterocycles. The molecule has 0 bridgehead atoms. The molecule has 0 amide bonds. The summed E-state index contributed by atoms with van der Waals surface area (Å²) in [5.41, 5.74) is 2.84. The van der Waals surface area contributed by atoms with Crippen molar-refractivity contribution in [1.82, 2.24) is 4.57 Å². The summed E-state index contributed by atoms with van der Waals surface area (Å²) in [6.45, 7) is 2.20. The Hall–Kier alpha value is -2.81.